The molecule has 6 heteroatoms. The van der Waals surface area contributed by atoms with Crippen molar-refractivity contribution >= 4 is 34.5 Å². The standard InChI is InChI=1S/C17H15N3O2S/c1-12(13-7-3-2-4-8-13)19-20-16(21)11-23-17-18-14-9-5-6-10-15(14)22-17/h2-10H,11H2,1H3,(H,20,21)/b19-12-. The van der Waals surface area contributed by atoms with Crippen LogP contribution in [0.1, 0.15) is 12.5 Å². The number of para-hydroxylation sites is 2. The molecule has 5 nitrogen and oxygen atoms in total. The number of amides is 1. The van der Waals surface area contributed by atoms with Gasteiger partial charge in [0.05, 0.1) is 11.5 Å². The van der Waals surface area contributed by atoms with Crippen molar-refractivity contribution in [2.75, 3.05) is 5.75 Å². The maximum atomic E-state index is 11.9. The van der Waals surface area contributed by atoms with Crippen molar-refractivity contribution < 1.29 is 9.21 Å². The maximum absolute atomic E-state index is 11.9. The molecule has 0 spiro atoms. The van der Waals surface area contributed by atoms with Gasteiger partial charge in [0.15, 0.2) is 5.58 Å². The van der Waals surface area contributed by atoms with E-state index in [0.717, 1.165) is 16.8 Å². The number of carbonyl (C=O) groups is 1. The van der Waals surface area contributed by atoms with Gasteiger partial charge in [-0.3, -0.25) is 4.79 Å². The Kier molecular flexibility index (Phi) is 4.73. The number of fused-ring (bicyclic) bond motifs is 1. The maximum Gasteiger partial charge on any atom is 0.257 e. The lowest BCUT2D eigenvalue weighted by Crippen LogP contribution is -2.21. The number of carbonyl (C=O) groups excluding carboxylic acids is 1. The Hall–Kier alpha value is -2.60. The minimum atomic E-state index is -0.201. The van der Waals surface area contributed by atoms with Crippen molar-refractivity contribution in [2.24, 2.45) is 5.10 Å². The third-order valence-electron chi connectivity index (χ3n) is 3.14. The Morgan fingerprint density at radius 1 is 1.17 bits per heavy atom. The van der Waals surface area contributed by atoms with E-state index in [1.165, 1.54) is 11.8 Å². The van der Waals surface area contributed by atoms with Crippen molar-refractivity contribution in [3.63, 3.8) is 0 Å². The minimum absolute atomic E-state index is 0.193. The molecule has 0 saturated carbocycles. The molecule has 0 saturated heterocycles. The van der Waals surface area contributed by atoms with Gasteiger partial charge in [0.25, 0.3) is 11.1 Å². The van der Waals surface area contributed by atoms with Crippen LogP contribution in [-0.2, 0) is 4.79 Å². The Labute approximate surface area is 137 Å². The zero-order valence-corrected chi connectivity index (χ0v) is 13.3. The van der Waals surface area contributed by atoms with E-state index in [1.807, 2.05) is 61.5 Å². The molecule has 1 heterocycles. The lowest BCUT2D eigenvalue weighted by atomic mass is 10.1. The van der Waals surface area contributed by atoms with Gasteiger partial charge in [-0.05, 0) is 24.6 Å². The zero-order chi connectivity index (χ0) is 16.1. The summed E-state index contributed by atoms with van der Waals surface area (Å²) in [6.07, 6.45) is 0. The summed E-state index contributed by atoms with van der Waals surface area (Å²) >= 11 is 1.24. The zero-order valence-electron chi connectivity index (χ0n) is 12.5. The van der Waals surface area contributed by atoms with Crippen molar-refractivity contribution in [1.29, 1.82) is 0 Å². The molecule has 23 heavy (non-hydrogen) atoms. The number of benzene rings is 2. The second-order valence-corrected chi connectivity index (χ2v) is 5.76. The highest BCUT2D eigenvalue weighted by atomic mass is 32.2. The third kappa shape index (κ3) is 3.98. The SMILES string of the molecule is C/C(=N/NC(=O)CSc1nc2ccccc2o1)c1ccccc1. The van der Waals surface area contributed by atoms with E-state index in [0.29, 0.717) is 10.8 Å². The van der Waals surface area contributed by atoms with E-state index in [1.54, 1.807) is 0 Å². The Morgan fingerprint density at radius 3 is 2.70 bits per heavy atom. The first-order valence-electron chi connectivity index (χ1n) is 7.09. The number of aromatic nitrogens is 1. The van der Waals surface area contributed by atoms with Crippen LogP contribution in [0.5, 0.6) is 0 Å². The summed E-state index contributed by atoms with van der Waals surface area (Å²) in [7, 11) is 0. The Balaban J connectivity index is 1.55. The van der Waals surface area contributed by atoms with Gasteiger partial charge in [-0.2, -0.15) is 5.10 Å². The number of nitrogens with zero attached hydrogens (tertiary/aromatic N) is 2. The first-order chi connectivity index (χ1) is 11.2. The van der Waals surface area contributed by atoms with Crippen LogP contribution >= 0.6 is 11.8 Å². The quantitative estimate of drug-likeness (QED) is 0.443. The predicted octanol–water partition coefficient (Wildman–Crippen LogP) is 3.46. The largest absolute Gasteiger partial charge is 0.431 e. The van der Waals surface area contributed by atoms with Gasteiger partial charge in [0.2, 0.25) is 0 Å². The van der Waals surface area contributed by atoms with Gasteiger partial charge in [0, 0.05) is 0 Å². The number of thioether (sulfide) groups is 1. The molecule has 1 aromatic heterocycles. The molecule has 1 N–H and O–H groups in total. The van der Waals surface area contributed by atoms with E-state index in [4.69, 9.17) is 4.42 Å². The molecule has 0 fully saturated rings. The van der Waals surface area contributed by atoms with Gasteiger partial charge in [-0.15, -0.1) is 0 Å². The number of oxazole rings is 1. The predicted molar refractivity (Wildman–Crippen MR) is 91.5 cm³/mol. The molecule has 0 aliphatic heterocycles. The molecule has 1 amide bonds. The van der Waals surface area contributed by atoms with Crippen molar-refractivity contribution in [2.45, 2.75) is 12.1 Å². The lowest BCUT2D eigenvalue weighted by molar-refractivity contribution is -0.118. The number of hydrogen-bond acceptors (Lipinski definition) is 5. The lowest BCUT2D eigenvalue weighted by Gasteiger charge is -2.01. The van der Waals surface area contributed by atoms with Gasteiger partial charge >= 0.3 is 0 Å². The highest BCUT2D eigenvalue weighted by Gasteiger charge is 2.08. The van der Waals surface area contributed by atoms with E-state index in [9.17, 15) is 4.79 Å². The number of hydrazone groups is 1. The van der Waals surface area contributed by atoms with Crippen molar-refractivity contribution in [1.82, 2.24) is 10.4 Å². The summed E-state index contributed by atoms with van der Waals surface area (Å²) in [5, 5.41) is 4.58. The van der Waals surface area contributed by atoms with Gasteiger partial charge in [-0.25, -0.2) is 10.4 Å². The van der Waals surface area contributed by atoms with Crippen molar-refractivity contribution in [3.05, 3.63) is 60.2 Å². The fourth-order valence-corrected chi connectivity index (χ4v) is 2.59. The fraction of sp³-hybridized carbons (Fsp3) is 0.118. The van der Waals surface area contributed by atoms with Gasteiger partial charge in [0.1, 0.15) is 5.52 Å². The molecule has 0 unspecified atom stereocenters. The Morgan fingerprint density at radius 2 is 1.91 bits per heavy atom. The fourth-order valence-electron chi connectivity index (χ4n) is 1.96. The summed E-state index contributed by atoms with van der Waals surface area (Å²) in [5.74, 6) is -0.00851. The van der Waals surface area contributed by atoms with Crippen LogP contribution in [0, 0.1) is 0 Å². The first-order valence-corrected chi connectivity index (χ1v) is 8.08. The van der Waals surface area contributed by atoms with Crippen LogP contribution in [0.3, 0.4) is 0 Å². The van der Waals surface area contributed by atoms with E-state index in [-0.39, 0.29) is 11.7 Å². The minimum Gasteiger partial charge on any atom is -0.431 e. The van der Waals surface area contributed by atoms with Crippen molar-refractivity contribution in [3.8, 4) is 0 Å². The second-order valence-electron chi connectivity index (χ2n) is 4.83. The number of rotatable bonds is 5. The summed E-state index contributed by atoms with van der Waals surface area (Å²) in [4.78, 5) is 16.2. The van der Waals surface area contributed by atoms with Crippen LogP contribution in [0.15, 0.2) is 69.3 Å². The molecule has 0 aliphatic carbocycles. The van der Waals surface area contributed by atoms with Crippen LogP contribution in [0.25, 0.3) is 11.1 Å². The monoisotopic (exact) mass is 325 g/mol. The second kappa shape index (κ2) is 7.11. The summed E-state index contributed by atoms with van der Waals surface area (Å²) in [5.41, 5.74) is 5.77. The van der Waals surface area contributed by atoms with Crippen LogP contribution in [-0.4, -0.2) is 22.4 Å². The average molecular weight is 325 g/mol. The molecule has 116 valence electrons. The highest BCUT2D eigenvalue weighted by molar-refractivity contribution is 7.99. The van der Waals surface area contributed by atoms with E-state index in [2.05, 4.69) is 15.5 Å². The third-order valence-corrected chi connectivity index (χ3v) is 3.97. The normalized spacial score (nSPS) is 11.6. The molecule has 0 bridgehead atoms. The average Bonchev–Trinajstić information content (AvgIpc) is 3.01. The number of hydrogen-bond donors (Lipinski definition) is 1. The topological polar surface area (TPSA) is 67.5 Å². The molecule has 2 aromatic carbocycles. The van der Waals surface area contributed by atoms with Gasteiger partial charge in [-0.1, -0.05) is 54.2 Å². The molecular weight excluding hydrogens is 310 g/mol. The Bertz CT molecular complexity index is 810. The van der Waals surface area contributed by atoms with Crippen LogP contribution in [0.2, 0.25) is 0 Å². The highest BCUT2D eigenvalue weighted by Crippen LogP contribution is 2.22. The molecule has 0 radical (unpaired) electrons. The smallest absolute Gasteiger partial charge is 0.257 e. The summed E-state index contributed by atoms with van der Waals surface area (Å²) in [6, 6.07) is 17.2. The van der Waals surface area contributed by atoms with E-state index >= 15 is 0 Å². The molecule has 3 rings (SSSR count). The van der Waals surface area contributed by atoms with E-state index < -0.39 is 0 Å². The molecular formula is C17H15N3O2S. The van der Waals surface area contributed by atoms with Gasteiger partial charge < -0.3 is 4.42 Å². The molecule has 3 aromatic rings. The summed E-state index contributed by atoms with van der Waals surface area (Å²) < 4.78 is 5.55. The molecule has 0 aliphatic rings. The summed E-state index contributed by atoms with van der Waals surface area (Å²) in [6.45, 7) is 1.85. The van der Waals surface area contributed by atoms with Crippen LogP contribution in [0.4, 0.5) is 0 Å². The van der Waals surface area contributed by atoms with Crippen LogP contribution < -0.4 is 5.43 Å². The first kappa shape index (κ1) is 15.3. The molecule has 0 atom stereocenters. The number of nitrogens with one attached hydrogen (secondary N) is 1.